The standard InChI is InChI=1S/C14H20N6O2S/c1-3-11-16-13(19-18-11)10-6-20(4-5-22-10)7-12(21)17-14-15-9(2)8-23-14/h8,10H,3-7H2,1-2H3,(H,15,17,21)(H,16,18,19). The van der Waals surface area contributed by atoms with Crippen molar-refractivity contribution in [1.29, 1.82) is 0 Å². The summed E-state index contributed by atoms with van der Waals surface area (Å²) in [5, 5.41) is 12.5. The maximum absolute atomic E-state index is 12.1. The van der Waals surface area contributed by atoms with E-state index in [2.05, 4.69) is 25.5 Å². The lowest BCUT2D eigenvalue weighted by Crippen LogP contribution is -2.42. The van der Waals surface area contributed by atoms with E-state index in [0.29, 0.717) is 37.2 Å². The molecule has 0 bridgehead atoms. The van der Waals surface area contributed by atoms with Gasteiger partial charge in [-0.25, -0.2) is 9.97 Å². The normalized spacial score (nSPS) is 19.0. The van der Waals surface area contributed by atoms with Gasteiger partial charge >= 0.3 is 0 Å². The number of morpholine rings is 1. The Bertz CT molecular complexity index is 670. The molecule has 1 aliphatic heterocycles. The van der Waals surface area contributed by atoms with Gasteiger partial charge in [0.25, 0.3) is 0 Å². The Balaban J connectivity index is 1.54. The van der Waals surface area contributed by atoms with Gasteiger partial charge in [0.05, 0.1) is 18.8 Å². The predicted molar refractivity (Wildman–Crippen MR) is 86.4 cm³/mol. The zero-order valence-electron chi connectivity index (χ0n) is 13.2. The van der Waals surface area contributed by atoms with Crippen molar-refractivity contribution in [3.05, 3.63) is 22.7 Å². The van der Waals surface area contributed by atoms with E-state index in [1.807, 2.05) is 24.1 Å². The molecule has 3 heterocycles. The minimum absolute atomic E-state index is 0.0655. The van der Waals surface area contributed by atoms with Crippen LogP contribution in [0.2, 0.25) is 0 Å². The average Bonchev–Trinajstić information content (AvgIpc) is 3.16. The van der Waals surface area contributed by atoms with Crippen LogP contribution in [-0.4, -0.2) is 57.2 Å². The molecule has 9 heteroatoms. The third kappa shape index (κ3) is 4.12. The summed E-state index contributed by atoms with van der Waals surface area (Å²) in [5.74, 6) is 1.43. The van der Waals surface area contributed by atoms with Crippen molar-refractivity contribution in [2.24, 2.45) is 0 Å². The number of ether oxygens (including phenoxy) is 1. The predicted octanol–water partition coefficient (Wildman–Crippen LogP) is 1.14. The Kier molecular flexibility index (Phi) is 4.99. The molecule has 0 spiro atoms. The van der Waals surface area contributed by atoms with E-state index >= 15 is 0 Å². The molecule has 2 aromatic heterocycles. The molecular weight excluding hydrogens is 316 g/mol. The summed E-state index contributed by atoms with van der Waals surface area (Å²) < 4.78 is 5.73. The highest BCUT2D eigenvalue weighted by Gasteiger charge is 2.26. The smallest absolute Gasteiger partial charge is 0.240 e. The number of aromatic amines is 1. The summed E-state index contributed by atoms with van der Waals surface area (Å²) in [6, 6.07) is 0. The number of H-pyrrole nitrogens is 1. The Morgan fingerprint density at radius 3 is 3.13 bits per heavy atom. The highest BCUT2D eigenvalue weighted by molar-refractivity contribution is 7.13. The van der Waals surface area contributed by atoms with Crippen LogP contribution in [0, 0.1) is 6.92 Å². The minimum atomic E-state index is -0.199. The van der Waals surface area contributed by atoms with Gasteiger partial charge in [-0.1, -0.05) is 6.92 Å². The zero-order chi connectivity index (χ0) is 16.2. The molecule has 0 aromatic carbocycles. The second-order valence-corrected chi connectivity index (χ2v) is 6.29. The van der Waals surface area contributed by atoms with Gasteiger partial charge in [-0.05, 0) is 6.92 Å². The van der Waals surface area contributed by atoms with Gasteiger partial charge in [0.15, 0.2) is 11.0 Å². The van der Waals surface area contributed by atoms with Crippen LogP contribution in [0.15, 0.2) is 5.38 Å². The number of nitrogens with zero attached hydrogens (tertiary/aromatic N) is 4. The SMILES string of the molecule is CCc1nc(C2CN(CC(=O)Nc3nc(C)cs3)CCO2)n[nH]1. The van der Waals surface area contributed by atoms with E-state index in [4.69, 9.17) is 4.74 Å². The van der Waals surface area contributed by atoms with Crippen LogP contribution >= 0.6 is 11.3 Å². The Hall–Kier alpha value is -1.84. The highest BCUT2D eigenvalue weighted by atomic mass is 32.1. The van der Waals surface area contributed by atoms with E-state index in [0.717, 1.165) is 17.9 Å². The molecular formula is C14H20N6O2S. The maximum atomic E-state index is 12.1. The first kappa shape index (κ1) is 16.0. The quantitative estimate of drug-likeness (QED) is 0.850. The van der Waals surface area contributed by atoms with Crippen molar-refractivity contribution in [1.82, 2.24) is 25.1 Å². The van der Waals surface area contributed by atoms with Gasteiger partial charge in [-0.2, -0.15) is 5.10 Å². The van der Waals surface area contributed by atoms with Gasteiger partial charge in [0, 0.05) is 24.9 Å². The number of thiazole rings is 1. The van der Waals surface area contributed by atoms with Crippen molar-refractivity contribution in [3.63, 3.8) is 0 Å². The molecule has 1 aliphatic rings. The fourth-order valence-electron chi connectivity index (χ4n) is 2.39. The summed E-state index contributed by atoms with van der Waals surface area (Å²) >= 11 is 1.43. The Morgan fingerprint density at radius 1 is 1.57 bits per heavy atom. The maximum Gasteiger partial charge on any atom is 0.240 e. The number of carbonyl (C=O) groups is 1. The first-order valence-electron chi connectivity index (χ1n) is 7.61. The van der Waals surface area contributed by atoms with Crippen LogP contribution in [0.5, 0.6) is 0 Å². The van der Waals surface area contributed by atoms with Crippen molar-refractivity contribution < 1.29 is 9.53 Å². The number of aromatic nitrogens is 4. The van der Waals surface area contributed by atoms with Crippen LogP contribution in [0.3, 0.4) is 0 Å². The van der Waals surface area contributed by atoms with E-state index < -0.39 is 0 Å². The summed E-state index contributed by atoms with van der Waals surface area (Å²) in [6.07, 6.45) is 0.606. The molecule has 3 rings (SSSR count). The van der Waals surface area contributed by atoms with Gasteiger partial charge in [0.1, 0.15) is 11.9 Å². The first-order valence-corrected chi connectivity index (χ1v) is 8.49. The second kappa shape index (κ2) is 7.16. The third-order valence-corrected chi connectivity index (χ3v) is 4.43. The fraction of sp³-hybridized carbons (Fsp3) is 0.571. The average molecular weight is 336 g/mol. The van der Waals surface area contributed by atoms with Crippen LogP contribution < -0.4 is 5.32 Å². The molecule has 124 valence electrons. The Labute approximate surface area is 138 Å². The van der Waals surface area contributed by atoms with E-state index in [1.54, 1.807) is 0 Å². The van der Waals surface area contributed by atoms with Crippen LogP contribution in [0.1, 0.15) is 30.4 Å². The molecule has 1 atom stereocenters. The third-order valence-electron chi connectivity index (χ3n) is 3.56. The van der Waals surface area contributed by atoms with Gasteiger partial charge in [0.2, 0.25) is 5.91 Å². The minimum Gasteiger partial charge on any atom is -0.367 e. The molecule has 23 heavy (non-hydrogen) atoms. The van der Waals surface area contributed by atoms with Crippen LogP contribution in [0.25, 0.3) is 0 Å². The van der Waals surface area contributed by atoms with E-state index in [1.165, 1.54) is 11.3 Å². The molecule has 1 fully saturated rings. The van der Waals surface area contributed by atoms with Crippen molar-refractivity contribution >= 4 is 22.4 Å². The number of hydrogen-bond donors (Lipinski definition) is 2. The number of amides is 1. The molecule has 8 nitrogen and oxygen atoms in total. The summed E-state index contributed by atoms with van der Waals surface area (Å²) in [6.45, 7) is 6.11. The number of rotatable bonds is 5. The molecule has 1 unspecified atom stereocenters. The number of carbonyl (C=O) groups excluding carboxylic acids is 1. The lowest BCUT2D eigenvalue weighted by Gasteiger charge is -2.30. The van der Waals surface area contributed by atoms with Crippen LogP contribution in [0.4, 0.5) is 5.13 Å². The molecule has 1 amide bonds. The van der Waals surface area contributed by atoms with Gasteiger partial charge < -0.3 is 10.1 Å². The van der Waals surface area contributed by atoms with Gasteiger partial charge in [-0.3, -0.25) is 14.8 Å². The van der Waals surface area contributed by atoms with E-state index in [-0.39, 0.29) is 12.0 Å². The molecule has 0 radical (unpaired) electrons. The van der Waals surface area contributed by atoms with Crippen molar-refractivity contribution in [2.75, 3.05) is 31.6 Å². The highest BCUT2D eigenvalue weighted by Crippen LogP contribution is 2.19. The number of anilines is 1. The number of nitrogens with one attached hydrogen (secondary N) is 2. The summed E-state index contributed by atoms with van der Waals surface area (Å²) in [7, 11) is 0. The summed E-state index contributed by atoms with van der Waals surface area (Å²) in [4.78, 5) is 22.8. The zero-order valence-corrected chi connectivity index (χ0v) is 14.0. The molecule has 2 N–H and O–H groups in total. The molecule has 0 saturated carbocycles. The number of aryl methyl sites for hydroxylation is 2. The fourth-order valence-corrected chi connectivity index (χ4v) is 3.09. The monoisotopic (exact) mass is 336 g/mol. The molecule has 0 aliphatic carbocycles. The van der Waals surface area contributed by atoms with Crippen molar-refractivity contribution in [3.8, 4) is 0 Å². The van der Waals surface area contributed by atoms with Crippen LogP contribution in [-0.2, 0) is 16.0 Å². The topological polar surface area (TPSA) is 96.0 Å². The lowest BCUT2D eigenvalue weighted by atomic mass is 10.2. The van der Waals surface area contributed by atoms with Gasteiger partial charge in [-0.15, -0.1) is 11.3 Å². The lowest BCUT2D eigenvalue weighted by molar-refractivity contribution is -0.119. The number of hydrogen-bond acceptors (Lipinski definition) is 7. The van der Waals surface area contributed by atoms with Crippen molar-refractivity contribution in [2.45, 2.75) is 26.4 Å². The largest absolute Gasteiger partial charge is 0.367 e. The second-order valence-electron chi connectivity index (χ2n) is 5.43. The Morgan fingerprint density at radius 2 is 2.43 bits per heavy atom. The molecule has 1 saturated heterocycles. The summed E-state index contributed by atoms with van der Waals surface area (Å²) in [5.41, 5.74) is 0.910. The first-order chi connectivity index (χ1) is 11.1. The van der Waals surface area contributed by atoms with E-state index in [9.17, 15) is 4.79 Å². The molecule has 2 aromatic rings.